The van der Waals surface area contributed by atoms with Crippen LogP contribution in [0.3, 0.4) is 0 Å². The maximum absolute atomic E-state index is 12.8. The molecule has 0 heterocycles. The molecule has 0 N–H and O–H groups in total. The van der Waals surface area contributed by atoms with E-state index in [0.717, 1.165) is 77.0 Å². The number of hydrogen-bond acceptors (Lipinski definition) is 6. The van der Waals surface area contributed by atoms with E-state index in [9.17, 15) is 14.4 Å². The lowest BCUT2D eigenvalue weighted by Crippen LogP contribution is -2.30. The van der Waals surface area contributed by atoms with Gasteiger partial charge in [-0.25, -0.2) is 0 Å². The molecule has 0 aliphatic rings. The Hall–Kier alpha value is -2.89. The summed E-state index contributed by atoms with van der Waals surface area (Å²) in [7, 11) is 0. The van der Waals surface area contributed by atoms with Gasteiger partial charge < -0.3 is 14.2 Å². The molecule has 0 unspecified atom stereocenters. The molecule has 0 saturated carbocycles. The van der Waals surface area contributed by atoms with Crippen LogP contribution < -0.4 is 0 Å². The molecule has 0 spiro atoms. The van der Waals surface area contributed by atoms with Crippen LogP contribution in [-0.2, 0) is 28.6 Å². The van der Waals surface area contributed by atoms with Crippen LogP contribution in [0.25, 0.3) is 0 Å². The van der Waals surface area contributed by atoms with Gasteiger partial charge in [-0.3, -0.25) is 14.4 Å². The first-order valence-corrected chi connectivity index (χ1v) is 26.3. The third-order valence-corrected chi connectivity index (χ3v) is 11.2. The summed E-state index contributed by atoms with van der Waals surface area (Å²) in [5.74, 6) is -0.955. The molecule has 0 aromatic heterocycles. The Balaban J connectivity index is 4.45. The summed E-state index contributed by atoms with van der Waals surface area (Å²) < 4.78 is 16.7. The highest BCUT2D eigenvalue weighted by Crippen LogP contribution is 2.14. The highest BCUT2D eigenvalue weighted by atomic mass is 16.6. The number of rotatable bonds is 47. The van der Waals surface area contributed by atoms with Gasteiger partial charge in [0.05, 0.1) is 0 Å². The van der Waals surface area contributed by atoms with Gasteiger partial charge in [-0.15, -0.1) is 0 Å². The Kier molecular flexibility index (Phi) is 48.4. The Morgan fingerprint density at radius 1 is 0.323 bits per heavy atom. The second kappa shape index (κ2) is 50.8. The zero-order chi connectivity index (χ0) is 45.1. The Morgan fingerprint density at radius 3 is 1.02 bits per heavy atom. The predicted molar refractivity (Wildman–Crippen MR) is 265 cm³/mol. The average Bonchev–Trinajstić information content (AvgIpc) is 3.27. The van der Waals surface area contributed by atoms with E-state index in [1.54, 1.807) is 0 Å². The van der Waals surface area contributed by atoms with Crippen molar-refractivity contribution in [3.8, 4) is 0 Å². The molecule has 0 aliphatic heterocycles. The Labute approximate surface area is 383 Å². The smallest absolute Gasteiger partial charge is 0.306 e. The zero-order valence-electron chi connectivity index (χ0n) is 40.9. The monoisotopic (exact) mass is 867 g/mol. The van der Waals surface area contributed by atoms with Gasteiger partial charge in [-0.05, 0) is 83.5 Å². The molecule has 6 heteroatoms. The van der Waals surface area contributed by atoms with Crippen LogP contribution in [0.1, 0.15) is 258 Å². The molecule has 0 aliphatic carbocycles. The van der Waals surface area contributed by atoms with E-state index in [2.05, 4.69) is 81.5 Å². The molecule has 6 nitrogen and oxygen atoms in total. The number of esters is 3. The highest BCUT2D eigenvalue weighted by Gasteiger charge is 2.19. The van der Waals surface area contributed by atoms with Gasteiger partial charge >= 0.3 is 17.9 Å². The van der Waals surface area contributed by atoms with Crippen molar-refractivity contribution in [2.24, 2.45) is 0 Å². The summed E-state index contributed by atoms with van der Waals surface area (Å²) in [6.07, 6.45) is 62.1. The normalized spacial score (nSPS) is 12.5. The van der Waals surface area contributed by atoms with Crippen LogP contribution in [-0.4, -0.2) is 37.2 Å². The molecule has 0 amide bonds. The van der Waals surface area contributed by atoms with Gasteiger partial charge in [-0.1, -0.05) is 216 Å². The predicted octanol–water partition coefficient (Wildman–Crippen LogP) is 17.3. The average molecular weight is 867 g/mol. The lowest BCUT2D eigenvalue weighted by atomic mass is 10.1. The van der Waals surface area contributed by atoms with Crippen LogP contribution in [0.4, 0.5) is 0 Å². The summed E-state index contributed by atoms with van der Waals surface area (Å²) in [5, 5.41) is 0. The Morgan fingerprint density at radius 2 is 0.597 bits per heavy atom. The van der Waals surface area contributed by atoms with Gasteiger partial charge in [0.2, 0.25) is 0 Å². The van der Waals surface area contributed by atoms with Gasteiger partial charge in [0, 0.05) is 19.3 Å². The summed E-state index contributed by atoms with van der Waals surface area (Å²) in [6, 6.07) is 0. The molecule has 0 fully saturated rings. The van der Waals surface area contributed by atoms with E-state index in [4.69, 9.17) is 14.2 Å². The zero-order valence-corrected chi connectivity index (χ0v) is 40.9. The molecule has 0 aromatic rings. The molecule has 62 heavy (non-hydrogen) atoms. The SMILES string of the molecule is CCCCC/C=C\C/C=C\C/C=C\C/C=C\CCCC(=O)OC[C@@H](COC(=O)CCCCCCCCCCCCC)OC(=O)CCCCCCC/C=C\CCCCCCCCC. The van der Waals surface area contributed by atoms with Crippen molar-refractivity contribution < 1.29 is 28.6 Å². The highest BCUT2D eigenvalue weighted by molar-refractivity contribution is 5.71. The quantitative estimate of drug-likeness (QED) is 0.0262. The molecule has 1 atom stereocenters. The summed E-state index contributed by atoms with van der Waals surface area (Å²) in [5.41, 5.74) is 0. The first-order chi connectivity index (χ1) is 30.5. The van der Waals surface area contributed by atoms with Gasteiger partial charge in [0.25, 0.3) is 0 Å². The lowest BCUT2D eigenvalue weighted by molar-refractivity contribution is -0.167. The molecular weight excluding hydrogens is 769 g/mol. The van der Waals surface area contributed by atoms with Crippen LogP contribution in [0.5, 0.6) is 0 Å². The molecule has 358 valence electrons. The lowest BCUT2D eigenvalue weighted by Gasteiger charge is -2.18. The van der Waals surface area contributed by atoms with E-state index < -0.39 is 6.10 Å². The Bertz CT molecular complexity index is 1130. The molecule has 0 aromatic carbocycles. The van der Waals surface area contributed by atoms with Crippen molar-refractivity contribution in [2.45, 2.75) is 264 Å². The number of carbonyl (C=O) groups is 3. The minimum atomic E-state index is -0.797. The van der Waals surface area contributed by atoms with E-state index in [0.29, 0.717) is 19.3 Å². The summed E-state index contributed by atoms with van der Waals surface area (Å²) >= 11 is 0. The van der Waals surface area contributed by atoms with Gasteiger partial charge in [0.1, 0.15) is 13.2 Å². The van der Waals surface area contributed by atoms with Crippen molar-refractivity contribution in [3.63, 3.8) is 0 Å². The fourth-order valence-corrected chi connectivity index (χ4v) is 7.25. The van der Waals surface area contributed by atoms with Crippen molar-refractivity contribution in [3.05, 3.63) is 60.8 Å². The first-order valence-electron chi connectivity index (χ1n) is 26.3. The number of hydrogen-bond donors (Lipinski definition) is 0. The fourth-order valence-electron chi connectivity index (χ4n) is 7.25. The van der Waals surface area contributed by atoms with Crippen molar-refractivity contribution in [2.75, 3.05) is 13.2 Å². The minimum Gasteiger partial charge on any atom is -0.462 e. The number of ether oxygens (including phenoxy) is 3. The topological polar surface area (TPSA) is 78.9 Å². The summed E-state index contributed by atoms with van der Waals surface area (Å²) in [6.45, 7) is 6.55. The molecule has 0 radical (unpaired) electrons. The molecule has 0 saturated heterocycles. The number of allylic oxidation sites excluding steroid dienone is 10. The number of unbranched alkanes of at least 4 members (excludes halogenated alkanes) is 26. The van der Waals surface area contributed by atoms with E-state index in [1.807, 2.05) is 0 Å². The molecular formula is C56H98O6. The largest absolute Gasteiger partial charge is 0.462 e. The second-order valence-corrected chi connectivity index (χ2v) is 17.4. The van der Waals surface area contributed by atoms with Crippen LogP contribution >= 0.6 is 0 Å². The third-order valence-electron chi connectivity index (χ3n) is 11.2. The van der Waals surface area contributed by atoms with Crippen LogP contribution in [0, 0.1) is 0 Å². The third kappa shape index (κ3) is 48.1. The van der Waals surface area contributed by atoms with Crippen molar-refractivity contribution >= 4 is 17.9 Å². The maximum Gasteiger partial charge on any atom is 0.306 e. The van der Waals surface area contributed by atoms with Crippen molar-refractivity contribution in [1.29, 1.82) is 0 Å². The first kappa shape index (κ1) is 59.1. The standard InChI is InChI=1S/C56H98O6/c1-4-7-10-13-16-19-22-24-26-28-30-31-34-37-40-43-46-49-55(58)61-52-53(51-60-54(57)48-45-42-39-36-33-21-18-15-12-9-6-3)62-56(59)50-47-44-41-38-35-32-29-27-25-23-20-17-14-11-8-5-2/h16,19,24,26-27,29-31,37,40,53H,4-15,17-18,20-23,25,28,32-36,38-39,41-52H2,1-3H3/b19-16-,26-24-,29-27-,31-30-,40-37-/t53-/m1/s1. The van der Waals surface area contributed by atoms with E-state index >= 15 is 0 Å². The maximum atomic E-state index is 12.8. The van der Waals surface area contributed by atoms with Crippen LogP contribution in [0.15, 0.2) is 60.8 Å². The fraction of sp³-hybridized carbons (Fsp3) is 0.768. The molecule has 0 bridgehead atoms. The van der Waals surface area contributed by atoms with Gasteiger partial charge in [0.15, 0.2) is 6.10 Å². The summed E-state index contributed by atoms with van der Waals surface area (Å²) in [4.78, 5) is 37.9. The molecule has 0 rings (SSSR count). The van der Waals surface area contributed by atoms with Gasteiger partial charge in [-0.2, -0.15) is 0 Å². The second-order valence-electron chi connectivity index (χ2n) is 17.4. The van der Waals surface area contributed by atoms with E-state index in [1.165, 1.54) is 135 Å². The minimum absolute atomic E-state index is 0.0927. The van der Waals surface area contributed by atoms with Crippen molar-refractivity contribution in [1.82, 2.24) is 0 Å². The number of carbonyl (C=O) groups excluding carboxylic acids is 3. The van der Waals surface area contributed by atoms with E-state index in [-0.39, 0.29) is 37.5 Å². The van der Waals surface area contributed by atoms with Crippen LogP contribution in [0.2, 0.25) is 0 Å².